The zero-order chi connectivity index (χ0) is 13.6. The predicted octanol–water partition coefficient (Wildman–Crippen LogP) is 1.71. The average Bonchev–Trinajstić information content (AvgIpc) is 2.92. The van der Waals surface area contributed by atoms with Crippen molar-refractivity contribution in [2.24, 2.45) is 5.92 Å². The van der Waals surface area contributed by atoms with Gasteiger partial charge in [0.1, 0.15) is 5.82 Å². The van der Waals surface area contributed by atoms with Crippen molar-refractivity contribution in [1.29, 1.82) is 0 Å². The summed E-state index contributed by atoms with van der Waals surface area (Å²) >= 11 is 0. The van der Waals surface area contributed by atoms with Crippen molar-refractivity contribution in [3.63, 3.8) is 0 Å². The molecule has 2 aromatic heterocycles. The summed E-state index contributed by atoms with van der Waals surface area (Å²) in [6.45, 7) is 3.89. The van der Waals surface area contributed by atoms with Crippen molar-refractivity contribution in [1.82, 2.24) is 19.6 Å². The zero-order valence-electron chi connectivity index (χ0n) is 11.0. The van der Waals surface area contributed by atoms with E-state index in [0.717, 1.165) is 30.1 Å². The first kappa shape index (κ1) is 12.1. The molecule has 0 aliphatic heterocycles. The van der Waals surface area contributed by atoms with E-state index in [-0.39, 0.29) is 11.8 Å². The summed E-state index contributed by atoms with van der Waals surface area (Å²) in [6.07, 6.45) is 2.49. The monoisotopic (exact) mass is 260 g/mol. The van der Waals surface area contributed by atoms with Gasteiger partial charge in [-0.15, -0.1) is 10.2 Å². The van der Waals surface area contributed by atoms with E-state index in [4.69, 9.17) is 0 Å². The number of aromatic nitrogens is 4. The summed E-state index contributed by atoms with van der Waals surface area (Å²) in [7, 11) is 0. The fourth-order valence-corrected chi connectivity index (χ4v) is 3.06. The fourth-order valence-electron chi connectivity index (χ4n) is 3.06. The lowest BCUT2D eigenvalue weighted by Crippen LogP contribution is -2.19. The molecule has 100 valence electrons. The van der Waals surface area contributed by atoms with Gasteiger partial charge in [-0.25, -0.2) is 4.98 Å². The van der Waals surface area contributed by atoms with Gasteiger partial charge in [0.2, 0.25) is 0 Å². The van der Waals surface area contributed by atoms with Crippen molar-refractivity contribution in [3.05, 3.63) is 23.3 Å². The van der Waals surface area contributed by atoms with Crippen molar-refractivity contribution < 1.29 is 9.90 Å². The fraction of sp³-hybridized carbons (Fsp3) is 0.538. The summed E-state index contributed by atoms with van der Waals surface area (Å²) in [5, 5.41) is 17.6. The van der Waals surface area contributed by atoms with Crippen molar-refractivity contribution in [2.45, 2.75) is 39.0 Å². The summed E-state index contributed by atoms with van der Waals surface area (Å²) < 4.78 is 1.89. The van der Waals surface area contributed by atoms with Crippen molar-refractivity contribution in [3.8, 4) is 0 Å². The molecule has 1 N–H and O–H groups in total. The van der Waals surface area contributed by atoms with Crippen LogP contribution in [-0.2, 0) is 4.79 Å². The van der Waals surface area contributed by atoms with E-state index < -0.39 is 5.97 Å². The Bertz CT molecular complexity index is 649. The lowest BCUT2D eigenvalue weighted by atomic mass is 9.95. The lowest BCUT2D eigenvalue weighted by Gasteiger charge is -2.14. The van der Waals surface area contributed by atoms with Crippen LogP contribution in [0.25, 0.3) is 5.78 Å². The number of rotatable bonds is 2. The maximum atomic E-state index is 11.3. The molecule has 6 heteroatoms. The molecule has 0 saturated heterocycles. The minimum Gasteiger partial charge on any atom is -0.481 e. The Hall–Kier alpha value is -1.98. The molecule has 1 aliphatic carbocycles. The highest BCUT2D eigenvalue weighted by molar-refractivity contribution is 5.71. The standard InChI is InChI=1S/C13H16N4O2/c1-7-6-8(2)17-11(15-16-13(17)14-7)9-4-3-5-10(9)12(18)19/h6,9-10H,3-5H2,1-2H3,(H,18,19). The molecule has 2 aromatic rings. The van der Waals surface area contributed by atoms with Gasteiger partial charge in [0.05, 0.1) is 5.92 Å². The summed E-state index contributed by atoms with van der Waals surface area (Å²) in [4.78, 5) is 15.6. The number of aryl methyl sites for hydroxylation is 2. The van der Waals surface area contributed by atoms with E-state index in [2.05, 4.69) is 15.2 Å². The lowest BCUT2D eigenvalue weighted by molar-refractivity contribution is -0.142. The Morgan fingerprint density at radius 1 is 1.37 bits per heavy atom. The molecule has 2 atom stereocenters. The molecular formula is C13H16N4O2. The molecule has 19 heavy (non-hydrogen) atoms. The van der Waals surface area contributed by atoms with Crippen LogP contribution in [0.5, 0.6) is 0 Å². The molecule has 1 aliphatic rings. The van der Waals surface area contributed by atoms with Crippen LogP contribution in [-0.4, -0.2) is 30.7 Å². The highest BCUT2D eigenvalue weighted by Crippen LogP contribution is 2.39. The molecule has 1 fully saturated rings. The maximum absolute atomic E-state index is 11.3. The first-order valence-corrected chi connectivity index (χ1v) is 6.50. The molecule has 6 nitrogen and oxygen atoms in total. The minimum atomic E-state index is -0.739. The maximum Gasteiger partial charge on any atom is 0.307 e. The van der Waals surface area contributed by atoms with Crippen LogP contribution in [0.4, 0.5) is 0 Å². The third-order valence-corrected chi connectivity index (χ3v) is 3.88. The highest BCUT2D eigenvalue weighted by atomic mass is 16.4. The van der Waals surface area contributed by atoms with Gasteiger partial charge < -0.3 is 5.11 Å². The third kappa shape index (κ3) is 1.87. The summed E-state index contributed by atoms with van der Waals surface area (Å²) in [6, 6.07) is 1.96. The van der Waals surface area contributed by atoms with E-state index >= 15 is 0 Å². The van der Waals surface area contributed by atoms with Crippen LogP contribution >= 0.6 is 0 Å². The largest absolute Gasteiger partial charge is 0.481 e. The van der Waals surface area contributed by atoms with Gasteiger partial charge >= 0.3 is 5.97 Å². The number of carbonyl (C=O) groups is 1. The Morgan fingerprint density at radius 2 is 2.16 bits per heavy atom. The zero-order valence-corrected chi connectivity index (χ0v) is 11.0. The second-order valence-electron chi connectivity index (χ2n) is 5.21. The SMILES string of the molecule is Cc1cc(C)n2c(C3CCCC3C(=O)O)nnc2n1. The Balaban J connectivity index is 2.13. The number of carboxylic acid groups (broad SMARTS) is 1. The molecule has 3 rings (SSSR count). The Labute approximate surface area is 110 Å². The van der Waals surface area contributed by atoms with Gasteiger partial charge in [-0.3, -0.25) is 9.20 Å². The quantitative estimate of drug-likeness (QED) is 0.889. The number of hydrogen-bond acceptors (Lipinski definition) is 4. The molecule has 0 radical (unpaired) electrons. The average molecular weight is 260 g/mol. The van der Waals surface area contributed by atoms with E-state index in [1.807, 2.05) is 24.3 Å². The molecular weight excluding hydrogens is 244 g/mol. The van der Waals surface area contributed by atoms with E-state index in [0.29, 0.717) is 12.2 Å². The van der Waals surface area contributed by atoms with Gasteiger partial charge in [0.25, 0.3) is 5.78 Å². The van der Waals surface area contributed by atoms with E-state index in [9.17, 15) is 9.90 Å². The van der Waals surface area contributed by atoms with Crippen LogP contribution in [0.15, 0.2) is 6.07 Å². The van der Waals surface area contributed by atoms with Gasteiger partial charge in [0.15, 0.2) is 0 Å². The molecule has 2 unspecified atom stereocenters. The van der Waals surface area contributed by atoms with Gasteiger partial charge in [-0.2, -0.15) is 0 Å². The predicted molar refractivity (Wildman–Crippen MR) is 68.0 cm³/mol. The molecule has 1 saturated carbocycles. The second kappa shape index (κ2) is 4.29. The molecule has 2 heterocycles. The number of nitrogens with zero attached hydrogens (tertiary/aromatic N) is 4. The molecule has 0 spiro atoms. The number of aliphatic carboxylic acids is 1. The van der Waals surface area contributed by atoms with Crippen molar-refractivity contribution >= 4 is 11.7 Å². The van der Waals surface area contributed by atoms with Crippen LogP contribution in [0.1, 0.15) is 42.4 Å². The topological polar surface area (TPSA) is 80.4 Å². The third-order valence-electron chi connectivity index (χ3n) is 3.88. The smallest absolute Gasteiger partial charge is 0.307 e. The van der Waals surface area contributed by atoms with Gasteiger partial charge in [0, 0.05) is 17.3 Å². The van der Waals surface area contributed by atoms with Gasteiger partial charge in [-0.05, 0) is 32.8 Å². The number of fused-ring (bicyclic) bond motifs is 1. The molecule has 0 bridgehead atoms. The minimum absolute atomic E-state index is 0.0595. The van der Waals surface area contributed by atoms with Crippen molar-refractivity contribution in [2.75, 3.05) is 0 Å². The van der Waals surface area contributed by atoms with E-state index in [1.165, 1.54) is 0 Å². The first-order valence-electron chi connectivity index (χ1n) is 6.50. The van der Waals surface area contributed by atoms with E-state index in [1.54, 1.807) is 0 Å². The second-order valence-corrected chi connectivity index (χ2v) is 5.21. The first-order chi connectivity index (χ1) is 9.08. The number of hydrogen-bond donors (Lipinski definition) is 1. The van der Waals surface area contributed by atoms with Crippen LogP contribution in [0.2, 0.25) is 0 Å². The number of carboxylic acids is 1. The molecule has 0 amide bonds. The Morgan fingerprint density at radius 3 is 2.89 bits per heavy atom. The van der Waals surface area contributed by atoms with Crippen LogP contribution in [0, 0.1) is 19.8 Å². The summed E-state index contributed by atoms with van der Waals surface area (Å²) in [5.41, 5.74) is 1.89. The van der Waals surface area contributed by atoms with Crippen LogP contribution in [0.3, 0.4) is 0 Å². The molecule has 0 aromatic carbocycles. The normalized spacial score (nSPS) is 23.1. The van der Waals surface area contributed by atoms with Gasteiger partial charge in [-0.1, -0.05) is 6.42 Å². The summed E-state index contributed by atoms with van der Waals surface area (Å²) in [5.74, 6) is 0.147. The van der Waals surface area contributed by atoms with Crippen LogP contribution < -0.4 is 0 Å². The highest BCUT2D eigenvalue weighted by Gasteiger charge is 2.37. The Kier molecular flexibility index (Phi) is 2.73.